The summed E-state index contributed by atoms with van der Waals surface area (Å²) in [5.74, 6) is -2.92. The van der Waals surface area contributed by atoms with E-state index in [0.717, 1.165) is 11.6 Å². The summed E-state index contributed by atoms with van der Waals surface area (Å²) in [6.45, 7) is 0.0906. The standard InChI is InChI=1S/C28H23F2NO6/c29-22-12-21(26-24(25(22)30)19(13-32)15-37-26)17-6-8-20(9-7-17)36-14-16-3-1-4-18(11-16)27(33)31-10-2-5-23(31)28(34)35/h1,3-4,6-9,11-12,15,23,32H,2,5,10,13-14H2,(H,34,35)/t23-/m0/s1. The molecule has 37 heavy (non-hydrogen) atoms. The summed E-state index contributed by atoms with van der Waals surface area (Å²) >= 11 is 0. The molecule has 1 fully saturated rings. The van der Waals surface area contributed by atoms with Crippen LogP contribution < -0.4 is 4.74 Å². The van der Waals surface area contributed by atoms with Crippen molar-refractivity contribution >= 4 is 22.8 Å². The van der Waals surface area contributed by atoms with Crippen molar-refractivity contribution < 1.29 is 37.7 Å². The van der Waals surface area contributed by atoms with E-state index in [9.17, 15) is 28.6 Å². The van der Waals surface area contributed by atoms with Crippen LogP contribution in [0.3, 0.4) is 0 Å². The minimum atomic E-state index is -1.07. The van der Waals surface area contributed by atoms with E-state index in [2.05, 4.69) is 0 Å². The Kier molecular flexibility index (Phi) is 6.62. The van der Waals surface area contributed by atoms with E-state index >= 15 is 0 Å². The maximum atomic E-state index is 14.3. The first-order valence-electron chi connectivity index (χ1n) is 11.7. The number of likely N-dealkylation sites (tertiary alicyclic amines) is 1. The molecule has 2 heterocycles. The lowest BCUT2D eigenvalue weighted by Crippen LogP contribution is -2.40. The maximum Gasteiger partial charge on any atom is 0.326 e. The fraction of sp³-hybridized carbons (Fsp3) is 0.214. The van der Waals surface area contributed by atoms with Crippen LogP contribution in [0.1, 0.15) is 34.3 Å². The van der Waals surface area contributed by atoms with Crippen LogP contribution in [0.25, 0.3) is 22.1 Å². The number of aliphatic hydroxyl groups excluding tert-OH is 1. The van der Waals surface area contributed by atoms with E-state index in [-0.39, 0.29) is 29.0 Å². The molecule has 9 heteroatoms. The van der Waals surface area contributed by atoms with Crippen LogP contribution in [0.15, 0.2) is 65.3 Å². The van der Waals surface area contributed by atoms with Crippen molar-refractivity contribution in [3.63, 3.8) is 0 Å². The SMILES string of the molecule is O=C(O)[C@@H]1CCCN1C(=O)c1cccc(COc2ccc(-c3cc(F)c(F)c4c(CO)coc34)cc2)c1. The summed E-state index contributed by atoms with van der Waals surface area (Å²) in [5, 5.41) is 18.7. The van der Waals surface area contributed by atoms with Crippen molar-refractivity contribution in [2.75, 3.05) is 6.54 Å². The number of ether oxygens (including phenoxy) is 1. The molecule has 190 valence electrons. The third-order valence-electron chi connectivity index (χ3n) is 6.53. The second-order valence-corrected chi connectivity index (χ2v) is 8.85. The topological polar surface area (TPSA) is 100 Å². The molecule has 1 atom stereocenters. The molecule has 0 bridgehead atoms. The Morgan fingerprint density at radius 2 is 1.89 bits per heavy atom. The summed E-state index contributed by atoms with van der Waals surface area (Å²) in [4.78, 5) is 25.7. The molecular weight excluding hydrogens is 484 g/mol. The third kappa shape index (κ3) is 4.65. The van der Waals surface area contributed by atoms with Gasteiger partial charge in [0.25, 0.3) is 5.91 Å². The van der Waals surface area contributed by atoms with Crippen molar-refractivity contribution in [1.82, 2.24) is 4.90 Å². The van der Waals surface area contributed by atoms with Crippen LogP contribution in [0, 0.1) is 11.6 Å². The lowest BCUT2D eigenvalue weighted by Gasteiger charge is -2.21. The van der Waals surface area contributed by atoms with Gasteiger partial charge in [0.15, 0.2) is 11.6 Å². The summed E-state index contributed by atoms with van der Waals surface area (Å²) in [5.41, 5.74) is 2.34. The predicted molar refractivity (Wildman–Crippen MR) is 130 cm³/mol. The fourth-order valence-corrected chi connectivity index (χ4v) is 4.66. The summed E-state index contributed by atoms with van der Waals surface area (Å²) in [6.07, 6.45) is 2.30. The van der Waals surface area contributed by atoms with E-state index in [1.165, 1.54) is 11.2 Å². The van der Waals surface area contributed by atoms with Gasteiger partial charge in [-0.1, -0.05) is 24.3 Å². The molecule has 0 aliphatic carbocycles. The zero-order chi connectivity index (χ0) is 26.1. The number of halogens is 2. The third-order valence-corrected chi connectivity index (χ3v) is 6.53. The van der Waals surface area contributed by atoms with Crippen molar-refractivity contribution in [2.24, 2.45) is 0 Å². The fourth-order valence-electron chi connectivity index (χ4n) is 4.66. The Balaban J connectivity index is 1.31. The van der Waals surface area contributed by atoms with E-state index in [4.69, 9.17) is 9.15 Å². The number of aliphatic carboxylic acids is 1. The summed E-state index contributed by atoms with van der Waals surface area (Å²) in [6, 6.07) is 13.8. The van der Waals surface area contributed by atoms with Crippen LogP contribution in [0.2, 0.25) is 0 Å². The molecule has 1 aromatic heterocycles. The van der Waals surface area contributed by atoms with Crippen LogP contribution in [-0.2, 0) is 18.0 Å². The van der Waals surface area contributed by atoms with Gasteiger partial charge in [-0.25, -0.2) is 13.6 Å². The molecule has 2 N–H and O–H groups in total. The number of carboxylic acid groups (broad SMARTS) is 1. The minimum Gasteiger partial charge on any atom is -0.489 e. The largest absolute Gasteiger partial charge is 0.489 e. The van der Waals surface area contributed by atoms with E-state index < -0.39 is 30.3 Å². The highest BCUT2D eigenvalue weighted by Gasteiger charge is 2.34. The van der Waals surface area contributed by atoms with Gasteiger partial charge in [0, 0.05) is 23.2 Å². The smallest absolute Gasteiger partial charge is 0.326 e. The number of carbonyl (C=O) groups excluding carboxylic acids is 1. The van der Waals surface area contributed by atoms with Gasteiger partial charge in [-0.3, -0.25) is 4.79 Å². The van der Waals surface area contributed by atoms with Crippen molar-refractivity contribution in [2.45, 2.75) is 32.1 Å². The zero-order valence-electron chi connectivity index (χ0n) is 19.6. The number of furan rings is 1. The number of hydrogen-bond acceptors (Lipinski definition) is 5. The van der Waals surface area contributed by atoms with Crippen molar-refractivity contribution in [3.8, 4) is 16.9 Å². The van der Waals surface area contributed by atoms with Gasteiger partial charge in [-0.15, -0.1) is 0 Å². The first kappa shape index (κ1) is 24.5. The Hall–Kier alpha value is -4.24. The molecule has 7 nitrogen and oxygen atoms in total. The van der Waals surface area contributed by atoms with Gasteiger partial charge in [-0.05, 0) is 54.3 Å². The lowest BCUT2D eigenvalue weighted by molar-refractivity contribution is -0.141. The van der Waals surface area contributed by atoms with Crippen LogP contribution in [0.5, 0.6) is 5.75 Å². The number of fused-ring (bicyclic) bond motifs is 1. The molecule has 5 rings (SSSR count). The maximum absolute atomic E-state index is 14.3. The first-order chi connectivity index (χ1) is 17.9. The van der Waals surface area contributed by atoms with Gasteiger partial charge in [0.2, 0.25) is 0 Å². The monoisotopic (exact) mass is 507 g/mol. The van der Waals surface area contributed by atoms with Gasteiger partial charge >= 0.3 is 5.97 Å². The highest BCUT2D eigenvalue weighted by molar-refractivity contribution is 5.97. The quantitative estimate of drug-likeness (QED) is 0.359. The second-order valence-electron chi connectivity index (χ2n) is 8.85. The Morgan fingerprint density at radius 3 is 2.62 bits per heavy atom. The van der Waals surface area contributed by atoms with Crippen LogP contribution in [-0.4, -0.2) is 39.6 Å². The zero-order valence-corrected chi connectivity index (χ0v) is 19.6. The summed E-state index contributed by atoms with van der Waals surface area (Å²) in [7, 11) is 0. The average molecular weight is 507 g/mol. The minimum absolute atomic E-state index is 0.0872. The van der Waals surface area contributed by atoms with Gasteiger partial charge in [0.05, 0.1) is 18.3 Å². The Bertz CT molecular complexity index is 1480. The number of benzene rings is 3. The molecular formula is C28H23F2NO6. The number of aliphatic hydroxyl groups is 1. The first-order valence-corrected chi connectivity index (χ1v) is 11.7. The van der Waals surface area contributed by atoms with Crippen molar-refractivity contribution in [1.29, 1.82) is 0 Å². The molecule has 0 radical (unpaired) electrons. The van der Waals surface area contributed by atoms with Crippen LogP contribution in [0.4, 0.5) is 8.78 Å². The molecule has 1 amide bonds. The number of rotatable bonds is 7. The van der Waals surface area contributed by atoms with Gasteiger partial charge < -0.3 is 24.3 Å². The number of carboxylic acids is 1. The normalized spacial score (nSPS) is 15.3. The van der Waals surface area contributed by atoms with Crippen molar-refractivity contribution in [3.05, 3.63) is 89.2 Å². The molecule has 1 saturated heterocycles. The molecule has 0 saturated carbocycles. The molecule has 1 aliphatic rings. The number of amides is 1. The molecule has 0 spiro atoms. The predicted octanol–water partition coefficient (Wildman–Crippen LogP) is 5.14. The van der Waals surface area contributed by atoms with Gasteiger partial charge in [-0.2, -0.15) is 0 Å². The van der Waals surface area contributed by atoms with E-state index in [1.807, 2.05) is 0 Å². The Labute approximate surface area is 210 Å². The molecule has 1 aliphatic heterocycles. The summed E-state index contributed by atoms with van der Waals surface area (Å²) < 4.78 is 39.8. The molecule has 3 aromatic carbocycles. The Morgan fingerprint density at radius 1 is 1.11 bits per heavy atom. The number of hydrogen-bond donors (Lipinski definition) is 2. The molecule has 4 aromatic rings. The number of nitrogens with zero attached hydrogens (tertiary/aromatic N) is 1. The molecule has 0 unspecified atom stereocenters. The van der Waals surface area contributed by atoms with Crippen LogP contribution >= 0.6 is 0 Å². The number of carbonyl (C=O) groups is 2. The average Bonchev–Trinajstić information content (AvgIpc) is 3.58. The lowest BCUT2D eigenvalue weighted by atomic mass is 10.0. The van der Waals surface area contributed by atoms with E-state index in [1.54, 1.807) is 48.5 Å². The highest BCUT2D eigenvalue weighted by Crippen LogP contribution is 2.36. The highest BCUT2D eigenvalue weighted by atomic mass is 19.2. The van der Waals surface area contributed by atoms with Gasteiger partial charge in [0.1, 0.15) is 24.0 Å². The van der Waals surface area contributed by atoms with E-state index in [0.29, 0.717) is 41.8 Å². The second kappa shape index (κ2) is 10.0.